The summed E-state index contributed by atoms with van der Waals surface area (Å²) >= 11 is 0. The van der Waals surface area contributed by atoms with Gasteiger partial charge in [-0.1, -0.05) is 0 Å². The standard InChI is InChI=1S/C11H20O3/c1-9-4-2-6-11(13-9)7-3-5-10(8-12)14-11/h9-10,12H,2-8H2,1H3/t9-,10-,11+/m1/s1. The SMILES string of the molecule is C[C@@H]1CCC[C@]2(CCC[C@H](CO)O2)O1. The molecule has 0 amide bonds. The highest BCUT2D eigenvalue weighted by Crippen LogP contribution is 2.38. The fraction of sp³-hybridized carbons (Fsp3) is 1.00. The van der Waals surface area contributed by atoms with Crippen molar-refractivity contribution in [1.29, 1.82) is 0 Å². The summed E-state index contributed by atoms with van der Waals surface area (Å²) in [6.45, 7) is 2.23. The average Bonchev–Trinajstić information content (AvgIpc) is 2.17. The van der Waals surface area contributed by atoms with Crippen LogP contribution in [0.2, 0.25) is 0 Å². The highest BCUT2D eigenvalue weighted by Gasteiger charge is 2.41. The Labute approximate surface area is 85.4 Å². The van der Waals surface area contributed by atoms with Crippen molar-refractivity contribution in [2.24, 2.45) is 0 Å². The highest BCUT2D eigenvalue weighted by atomic mass is 16.7. The molecular weight excluding hydrogens is 180 g/mol. The van der Waals surface area contributed by atoms with Crippen molar-refractivity contribution < 1.29 is 14.6 Å². The van der Waals surface area contributed by atoms with Crippen molar-refractivity contribution in [2.75, 3.05) is 6.61 Å². The van der Waals surface area contributed by atoms with Crippen LogP contribution in [0, 0.1) is 0 Å². The minimum atomic E-state index is -0.358. The van der Waals surface area contributed by atoms with Crippen molar-refractivity contribution in [3.63, 3.8) is 0 Å². The average molecular weight is 200 g/mol. The van der Waals surface area contributed by atoms with E-state index < -0.39 is 0 Å². The molecule has 2 aliphatic rings. The summed E-state index contributed by atoms with van der Waals surface area (Å²) in [6, 6.07) is 0. The van der Waals surface area contributed by atoms with E-state index in [2.05, 4.69) is 6.92 Å². The Morgan fingerprint density at radius 2 is 1.93 bits per heavy atom. The smallest absolute Gasteiger partial charge is 0.169 e. The maximum Gasteiger partial charge on any atom is 0.169 e. The molecule has 0 aliphatic carbocycles. The normalized spacial score (nSPS) is 44.1. The topological polar surface area (TPSA) is 38.7 Å². The molecule has 2 heterocycles. The van der Waals surface area contributed by atoms with E-state index in [0.29, 0.717) is 6.10 Å². The second-order valence-corrected chi connectivity index (χ2v) is 4.55. The number of hydrogen-bond acceptors (Lipinski definition) is 3. The van der Waals surface area contributed by atoms with Crippen LogP contribution < -0.4 is 0 Å². The predicted molar refractivity (Wildman–Crippen MR) is 52.9 cm³/mol. The van der Waals surface area contributed by atoms with Crippen molar-refractivity contribution in [1.82, 2.24) is 0 Å². The third-order valence-corrected chi connectivity index (χ3v) is 3.25. The molecule has 3 atom stereocenters. The Bertz CT molecular complexity index is 191. The van der Waals surface area contributed by atoms with Crippen LogP contribution >= 0.6 is 0 Å². The lowest BCUT2D eigenvalue weighted by Crippen LogP contribution is -2.48. The Balaban J connectivity index is 1.99. The lowest BCUT2D eigenvalue weighted by Gasteiger charge is -2.45. The summed E-state index contributed by atoms with van der Waals surface area (Å²) in [7, 11) is 0. The van der Waals surface area contributed by atoms with Crippen LogP contribution in [-0.4, -0.2) is 29.7 Å². The molecule has 2 saturated heterocycles. The van der Waals surface area contributed by atoms with E-state index in [0.717, 1.165) is 32.1 Å². The van der Waals surface area contributed by atoms with E-state index in [4.69, 9.17) is 14.6 Å². The van der Waals surface area contributed by atoms with Crippen LogP contribution in [-0.2, 0) is 9.47 Å². The van der Waals surface area contributed by atoms with E-state index in [1.165, 1.54) is 6.42 Å². The summed E-state index contributed by atoms with van der Waals surface area (Å²) < 4.78 is 11.8. The zero-order valence-electron chi connectivity index (χ0n) is 8.87. The molecule has 1 spiro atoms. The molecule has 1 N–H and O–H groups in total. The molecule has 0 unspecified atom stereocenters. The van der Waals surface area contributed by atoms with Crippen LogP contribution in [0.1, 0.15) is 45.4 Å². The van der Waals surface area contributed by atoms with Gasteiger partial charge in [0, 0.05) is 12.8 Å². The molecule has 82 valence electrons. The van der Waals surface area contributed by atoms with Gasteiger partial charge < -0.3 is 14.6 Å². The van der Waals surface area contributed by atoms with Crippen LogP contribution in [0.5, 0.6) is 0 Å². The maximum atomic E-state index is 9.09. The second-order valence-electron chi connectivity index (χ2n) is 4.55. The molecule has 0 aromatic rings. The van der Waals surface area contributed by atoms with Gasteiger partial charge in [0.15, 0.2) is 5.79 Å². The van der Waals surface area contributed by atoms with Gasteiger partial charge in [-0.05, 0) is 32.6 Å². The molecule has 0 aromatic carbocycles. The molecule has 0 bridgehead atoms. The molecule has 0 saturated carbocycles. The summed E-state index contributed by atoms with van der Waals surface area (Å²) in [4.78, 5) is 0. The number of rotatable bonds is 1. The molecule has 2 rings (SSSR count). The molecule has 3 nitrogen and oxygen atoms in total. The summed E-state index contributed by atoms with van der Waals surface area (Å²) in [5.74, 6) is -0.358. The quantitative estimate of drug-likeness (QED) is 0.702. The van der Waals surface area contributed by atoms with Gasteiger partial charge in [-0.15, -0.1) is 0 Å². The molecule has 0 radical (unpaired) electrons. The third-order valence-electron chi connectivity index (χ3n) is 3.25. The Morgan fingerprint density at radius 3 is 2.57 bits per heavy atom. The van der Waals surface area contributed by atoms with Gasteiger partial charge in [0.2, 0.25) is 0 Å². The Hall–Kier alpha value is -0.120. The lowest BCUT2D eigenvalue weighted by molar-refractivity contribution is -0.315. The van der Waals surface area contributed by atoms with Gasteiger partial charge in [-0.25, -0.2) is 0 Å². The zero-order chi connectivity index (χ0) is 10.0. The van der Waals surface area contributed by atoms with Crippen molar-refractivity contribution in [3.05, 3.63) is 0 Å². The summed E-state index contributed by atoms with van der Waals surface area (Å²) in [5.41, 5.74) is 0. The number of aliphatic hydroxyl groups is 1. The van der Waals surface area contributed by atoms with Gasteiger partial charge in [-0.2, -0.15) is 0 Å². The molecule has 2 fully saturated rings. The third kappa shape index (κ3) is 2.10. The monoisotopic (exact) mass is 200 g/mol. The van der Waals surface area contributed by atoms with Crippen LogP contribution in [0.25, 0.3) is 0 Å². The largest absolute Gasteiger partial charge is 0.394 e. The van der Waals surface area contributed by atoms with Gasteiger partial charge in [0.05, 0.1) is 18.8 Å². The number of ether oxygens (including phenoxy) is 2. The Kier molecular flexibility index (Phi) is 3.10. The van der Waals surface area contributed by atoms with Crippen molar-refractivity contribution in [3.8, 4) is 0 Å². The van der Waals surface area contributed by atoms with Crippen molar-refractivity contribution in [2.45, 2.75) is 63.4 Å². The predicted octanol–water partition coefficient (Wildman–Crippen LogP) is 1.83. The first-order valence-electron chi connectivity index (χ1n) is 5.71. The fourth-order valence-electron chi connectivity index (χ4n) is 2.56. The van der Waals surface area contributed by atoms with Crippen LogP contribution in [0.3, 0.4) is 0 Å². The van der Waals surface area contributed by atoms with Gasteiger partial charge >= 0.3 is 0 Å². The van der Waals surface area contributed by atoms with E-state index in [1.807, 2.05) is 0 Å². The first-order chi connectivity index (χ1) is 6.74. The van der Waals surface area contributed by atoms with Crippen molar-refractivity contribution >= 4 is 0 Å². The van der Waals surface area contributed by atoms with Gasteiger partial charge in [0.25, 0.3) is 0 Å². The van der Waals surface area contributed by atoms with E-state index in [-0.39, 0.29) is 18.5 Å². The van der Waals surface area contributed by atoms with E-state index >= 15 is 0 Å². The first kappa shape index (κ1) is 10.4. The van der Waals surface area contributed by atoms with Crippen LogP contribution in [0.15, 0.2) is 0 Å². The highest BCUT2D eigenvalue weighted by molar-refractivity contribution is 4.82. The van der Waals surface area contributed by atoms with Gasteiger partial charge in [0.1, 0.15) is 0 Å². The summed E-state index contributed by atoms with van der Waals surface area (Å²) in [6.07, 6.45) is 6.68. The minimum Gasteiger partial charge on any atom is -0.394 e. The first-order valence-corrected chi connectivity index (χ1v) is 5.71. The summed E-state index contributed by atoms with van der Waals surface area (Å²) in [5, 5.41) is 9.09. The number of hydrogen-bond donors (Lipinski definition) is 1. The van der Waals surface area contributed by atoms with Gasteiger partial charge in [-0.3, -0.25) is 0 Å². The lowest BCUT2D eigenvalue weighted by atomic mass is 9.93. The van der Waals surface area contributed by atoms with Crippen LogP contribution in [0.4, 0.5) is 0 Å². The molecule has 3 heteroatoms. The van der Waals surface area contributed by atoms with E-state index in [1.54, 1.807) is 0 Å². The molecule has 2 aliphatic heterocycles. The Morgan fingerprint density at radius 1 is 1.21 bits per heavy atom. The minimum absolute atomic E-state index is 0.00551. The fourth-order valence-corrected chi connectivity index (χ4v) is 2.56. The van der Waals surface area contributed by atoms with E-state index in [9.17, 15) is 0 Å². The number of aliphatic hydroxyl groups excluding tert-OH is 1. The maximum absolute atomic E-state index is 9.09. The molecule has 14 heavy (non-hydrogen) atoms. The second kappa shape index (κ2) is 4.17. The molecular formula is C11H20O3. The zero-order valence-corrected chi connectivity index (χ0v) is 8.87. The molecule has 0 aromatic heterocycles.